The molecule has 80 valence electrons. The van der Waals surface area contributed by atoms with Crippen LogP contribution in [0.15, 0.2) is 34.9 Å². The molecule has 1 aromatic heterocycles. The minimum absolute atomic E-state index is 0.670. The van der Waals surface area contributed by atoms with Crippen LogP contribution in [0.5, 0.6) is 0 Å². The van der Waals surface area contributed by atoms with Gasteiger partial charge in [-0.1, -0.05) is 49.3 Å². The average Bonchev–Trinajstić information content (AvgIpc) is 2.68. The summed E-state index contributed by atoms with van der Waals surface area (Å²) in [4.78, 5) is 4.13. The number of hydrogen-bond acceptors (Lipinski definition) is 3. The summed E-state index contributed by atoms with van der Waals surface area (Å²) in [6.45, 7) is 5.82. The lowest BCUT2D eigenvalue weighted by Crippen LogP contribution is -1.87. The standard InChI is InChI=1S/C10H10N2O.C2H6/c1-8-11-10(13-12-8)7-9-5-3-2-4-6-9;1-2/h2-6H,7H2,1H3;1-2H3. The Kier molecular flexibility index (Phi) is 4.54. The van der Waals surface area contributed by atoms with E-state index >= 15 is 0 Å². The first-order valence-electron chi connectivity index (χ1n) is 5.18. The Hall–Kier alpha value is -1.64. The first-order chi connectivity index (χ1) is 7.34. The molecule has 3 heteroatoms. The number of benzene rings is 1. The van der Waals surface area contributed by atoms with Crippen molar-refractivity contribution < 1.29 is 4.52 Å². The van der Waals surface area contributed by atoms with Crippen molar-refractivity contribution in [3.63, 3.8) is 0 Å². The Morgan fingerprint density at radius 3 is 2.33 bits per heavy atom. The number of rotatable bonds is 2. The average molecular weight is 204 g/mol. The maximum absolute atomic E-state index is 5.01. The quantitative estimate of drug-likeness (QED) is 0.754. The smallest absolute Gasteiger partial charge is 0.231 e. The van der Waals surface area contributed by atoms with Gasteiger partial charge in [0.25, 0.3) is 0 Å². The van der Waals surface area contributed by atoms with Crippen LogP contribution in [0.4, 0.5) is 0 Å². The second-order valence-electron chi connectivity index (χ2n) is 2.90. The van der Waals surface area contributed by atoms with Crippen molar-refractivity contribution in [1.29, 1.82) is 0 Å². The van der Waals surface area contributed by atoms with Crippen LogP contribution < -0.4 is 0 Å². The minimum Gasteiger partial charge on any atom is -0.339 e. The Morgan fingerprint density at radius 2 is 1.80 bits per heavy atom. The zero-order valence-corrected chi connectivity index (χ0v) is 9.40. The van der Waals surface area contributed by atoms with E-state index in [-0.39, 0.29) is 0 Å². The first kappa shape index (κ1) is 11.4. The van der Waals surface area contributed by atoms with Crippen molar-refractivity contribution in [3.8, 4) is 0 Å². The summed E-state index contributed by atoms with van der Waals surface area (Å²) in [6.07, 6.45) is 0.710. The molecule has 0 unspecified atom stereocenters. The molecular weight excluding hydrogens is 188 g/mol. The van der Waals surface area contributed by atoms with Gasteiger partial charge in [-0.05, 0) is 12.5 Å². The van der Waals surface area contributed by atoms with Crippen LogP contribution in [0.25, 0.3) is 0 Å². The second kappa shape index (κ2) is 5.96. The predicted molar refractivity (Wildman–Crippen MR) is 59.6 cm³/mol. The number of hydrogen-bond donors (Lipinski definition) is 0. The molecule has 2 aromatic rings. The molecule has 0 N–H and O–H groups in total. The number of aryl methyl sites for hydroxylation is 1. The summed E-state index contributed by atoms with van der Waals surface area (Å²) < 4.78 is 5.01. The third-order valence-electron chi connectivity index (χ3n) is 1.77. The third kappa shape index (κ3) is 3.54. The minimum atomic E-state index is 0.670. The molecule has 1 heterocycles. The molecule has 2 rings (SSSR count). The van der Waals surface area contributed by atoms with E-state index in [0.29, 0.717) is 18.1 Å². The molecule has 0 atom stereocenters. The van der Waals surface area contributed by atoms with Crippen molar-refractivity contribution >= 4 is 0 Å². The lowest BCUT2D eigenvalue weighted by atomic mass is 10.1. The molecule has 0 aliphatic rings. The van der Waals surface area contributed by atoms with Crippen LogP contribution >= 0.6 is 0 Å². The molecule has 0 fully saturated rings. The van der Waals surface area contributed by atoms with Crippen LogP contribution in [-0.4, -0.2) is 10.1 Å². The maximum Gasteiger partial charge on any atom is 0.231 e. The Morgan fingerprint density at radius 1 is 1.13 bits per heavy atom. The monoisotopic (exact) mass is 204 g/mol. The highest BCUT2D eigenvalue weighted by molar-refractivity contribution is 5.17. The van der Waals surface area contributed by atoms with E-state index < -0.39 is 0 Å². The molecule has 0 radical (unpaired) electrons. The van der Waals surface area contributed by atoms with Crippen LogP contribution in [0.2, 0.25) is 0 Å². The van der Waals surface area contributed by atoms with E-state index in [1.54, 1.807) is 0 Å². The van der Waals surface area contributed by atoms with Gasteiger partial charge >= 0.3 is 0 Å². The molecule has 0 saturated heterocycles. The molecular formula is C12H16N2O. The molecule has 0 saturated carbocycles. The summed E-state index contributed by atoms with van der Waals surface area (Å²) in [6, 6.07) is 10.1. The topological polar surface area (TPSA) is 38.9 Å². The molecule has 0 bridgehead atoms. The summed E-state index contributed by atoms with van der Waals surface area (Å²) in [5.41, 5.74) is 1.19. The first-order valence-corrected chi connectivity index (χ1v) is 5.18. The van der Waals surface area contributed by atoms with E-state index in [2.05, 4.69) is 10.1 Å². The fourth-order valence-electron chi connectivity index (χ4n) is 1.18. The zero-order chi connectivity index (χ0) is 11.1. The summed E-state index contributed by atoms with van der Waals surface area (Å²) in [7, 11) is 0. The highest BCUT2D eigenvalue weighted by Gasteiger charge is 2.02. The fourth-order valence-corrected chi connectivity index (χ4v) is 1.18. The van der Waals surface area contributed by atoms with Crippen LogP contribution in [0.1, 0.15) is 31.1 Å². The molecule has 1 aromatic carbocycles. The zero-order valence-electron chi connectivity index (χ0n) is 9.40. The number of nitrogens with zero attached hydrogens (tertiary/aromatic N) is 2. The molecule has 15 heavy (non-hydrogen) atoms. The van der Waals surface area contributed by atoms with Crippen LogP contribution in [0.3, 0.4) is 0 Å². The van der Waals surface area contributed by atoms with Gasteiger partial charge in [0.15, 0.2) is 5.82 Å². The van der Waals surface area contributed by atoms with Gasteiger partial charge in [-0.2, -0.15) is 4.98 Å². The van der Waals surface area contributed by atoms with Crippen molar-refractivity contribution in [1.82, 2.24) is 10.1 Å². The summed E-state index contributed by atoms with van der Waals surface area (Å²) in [5.74, 6) is 1.36. The van der Waals surface area contributed by atoms with Crippen molar-refractivity contribution in [2.75, 3.05) is 0 Å². The molecule has 3 nitrogen and oxygen atoms in total. The van der Waals surface area contributed by atoms with Gasteiger partial charge in [-0.25, -0.2) is 0 Å². The third-order valence-corrected chi connectivity index (χ3v) is 1.77. The summed E-state index contributed by atoms with van der Waals surface area (Å²) in [5, 5.41) is 3.73. The normalized spacial score (nSPS) is 9.27. The fraction of sp³-hybridized carbons (Fsp3) is 0.333. The molecule has 0 spiro atoms. The van der Waals surface area contributed by atoms with Gasteiger partial charge in [0, 0.05) is 0 Å². The lowest BCUT2D eigenvalue weighted by Gasteiger charge is -1.93. The van der Waals surface area contributed by atoms with Gasteiger partial charge in [0.05, 0.1) is 6.42 Å². The molecule has 0 aliphatic carbocycles. The second-order valence-corrected chi connectivity index (χ2v) is 2.90. The van der Waals surface area contributed by atoms with Gasteiger partial charge in [0.2, 0.25) is 5.89 Å². The van der Waals surface area contributed by atoms with Gasteiger partial charge in [-0.15, -0.1) is 0 Å². The van der Waals surface area contributed by atoms with Crippen molar-refractivity contribution in [2.24, 2.45) is 0 Å². The maximum atomic E-state index is 5.01. The molecule has 0 amide bonds. The van der Waals surface area contributed by atoms with E-state index in [0.717, 1.165) is 0 Å². The van der Waals surface area contributed by atoms with Crippen molar-refractivity contribution in [3.05, 3.63) is 47.6 Å². The van der Waals surface area contributed by atoms with E-state index in [9.17, 15) is 0 Å². The van der Waals surface area contributed by atoms with Gasteiger partial charge in [0.1, 0.15) is 0 Å². The van der Waals surface area contributed by atoms with Crippen LogP contribution in [0, 0.1) is 6.92 Å². The summed E-state index contributed by atoms with van der Waals surface area (Å²) >= 11 is 0. The van der Waals surface area contributed by atoms with Gasteiger partial charge < -0.3 is 4.52 Å². The predicted octanol–water partition coefficient (Wildman–Crippen LogP) is 3.00. The van der Waals surface area contributed by atoms with E-state index in [1.807, 2.05) is 51.1 Å². The highest BCUT2D eigenvalue weighted by Crippen LogP contribution is 2.06. The number of aromatic nitrogens is 2. The van der Waals surface area contributed by atoms with Gasteiger partial charge in [-0.3, -0.25) is 0 Å². The Bertz CT molecular complexity index is 382. The van der Waals surface area contributed by atoms with E-state index in [4.69, 9.17) is 4.52 Å². The lowest BCUT2D eigenvalue weighted by molar-refractivity contribution is 0.381. The Labute approximate surface area is 90.1 Å². The van der Waals surface area contributed by atoms with Crippen LogP contribution in [-0.2, 0) is 6.42 Å². The van der Waals surface area contributed by atoms with Crippen molar-refractivity contribution in [2.45, 2.75) is 27.2 Å². The molecule has 0 aliphatic heterocycles. The largest absolute Gasteiger partial charge is 0.339 e. The highest BCUT2D eigenvalue weighted by atomic mass is 16.5. The SMILES string of the molecule is CC.Cc1noc(Cc2ccccc2)n1. The van der Waals surface area contributed by atoms with E-state index in [1.165, 1.54) is 5.56 Å². The Balaban J connectivity index is 0.000000531.